The number of aryl methyl sites for hydroxylation is 1. The van der Waals surface area contributed by atoms with Gasteiger partial charge in [0.2, 0.25) is 0 Å². The van der Waals surface area contributed by atoms with Crippen LogP contribution in [0.1, 0.15) is 17.5 Å². The molecule has 0 fully saturated rings. The molecule has 2 aromatic carbocycles. The number of hydrogen-bond donors (Lipinski definition) is 0. The number of rotatable bonds is 6. The lowest BCUT2D eigenvalue weighted by Crippen LogP contribution is -2.15. The molecule has 1 aliphatic carbocycles. The molecule has 0 aromatic heterocycles. The summed E-state index contributed by atoms with van der Waals surface area (Å²) >= 11 is 0. The van der Waals surface area contributed by atoms with Crippen LogP contribution < -0.4 is 13.7 Å². The van der Waals surface area contributed by atoms with Crippen LogP contribution in [0.2, 0.25) is 0 Å². The van der Waals surface area contributed by atoms with Crippen LogP contribution in [0, 0.1) is 0 Å². The standard InChI is InChI=1S/C18H16F2O5S/c1-23-14-3-2-4-16(11-14)25-26(21,22)17-8-6-12-9-15(24-18(19)20)7-5-13(12)10-17/h2-5,7,9-11,18H,6,8H2,1H3. The quantitative estimate of drug-likeness (QED) is 0.707. The third kappa shape index (κ3) is 4.13. The van der Waals surface area contributed by atoms with E-state index in [1.54, 1.807) is 18.2 Å². The lowest BCUT2D eigenvalue weighted by Gasteiger charge is -2.18. The number of ether oxygens (including phenoxy) is 2. The zero-order valence-electron chi connectivity index (χ0n) is 13.8. The molecule has 5 nitrogen and oxygen atoms in total. The van der Waals surface area contributed by atoms with Gasteiger partial charge in [0.25, 0.3) is 0 Å². The van der Waals surface area contributed by atoms with Crippen LogP contribution in [0.25, 0.3) is 6.08 Å². The Morgan fingerprint density at radius 2 is 1.77 bits per heavy atom. The maximum atomic E-state index is 12.5. The van der Waals surface area contributed by atoms with Gasteiger partial charge in [-0.3, -0.25) is 0 Å². The number of alkyl halides is 2. The summed E-state index contributed by atoms with van der Waals surface area (Å²) in [5, 5.41) is 0. The largest absolute Gasteiger partial charge is 0.497 e. The Kier molecular flexibility index (Phi) is 5.13. The van der Waals surface area contributed by atoms with Gasteiger partial charge >= 0.3 is 16.7 Å². The molecule has 0 N–H and O–H groups in total. The van der Waals surface area contributed by atoms with Crippen LogP contribution in [0.4, 0.5) is 8.78 Å². The van der Waals surface area contributed by atoms with Crippen LogP contribution in [0.5, 0.6) is 17.2 Å². The minimum absolute atomic E-state index is 0.0473. The molecule has 0 saturated heterocycles. The second kappa shape index (κ2) is 7.33. The molecule has 0 amide bonds. The smallest absolute Gasteiger partial charge is 0.387 e. The Labute approximate surface area is 149 Å². The number of benzene rings is 2. The molecular formula is C18H16F2O5S. The predicted octanol–water partition coefficient (Wildman–Crippen LogP) is 3.99. The van der Waals surface area contributed by atoms with Crippen LogP contribution in [-0.4, -0.2) is 22.1 Å². The lowest BCUT2D eigenvalue weighted by molar-refractivity contribution is -0.0498. The van der Waals surface area contributed by atoms with Gasteiger partial charge in [-0.25, -0.2) is 0 Å². The highest BCUT2D eigenvalue weighted by atomic mass is 32.2. The van der Waals surface area contributed by atoms with Crippen molar-refractivity contribution in [2.75, 3.05) is 7.11 Å². The molecule has 0 unspecified atom stereocenters. The minimum Gasteiger partial charge on any atom is -0.497 e. The summed E-state index contributed by atoms with van der Waals surface area (Å²) in [6, 6.07) is 10.7. The normalized spacial score (nSPS) is 13.8. The minimum atomic E-state index is -3.98. The van der Waals surface area contributed by atoms with Gasteiger partial charge in [0.15, 0.2) is 0 Å². The molecule has 8 heteroatoms. The second-order valence-electron chi connectivity index (χ2n) is 5.57. The van der Waals surface area contributed by atoms with Crippen LogP contribution >= 0.6 is 0 Å². The molecule has 0 spiro atoms. The lowest BCUT2D eigenvalue weighted by atomic mass is 9.97. The molecule has 0 bridgehead atoms. The van der Waals surface area contributed by atoms with Gasteiger partial charge in [0.1, 0.15) is 17.2 Å². The first kappa shape index (κ1) is 18.2. The van der Waals surface area contributed by atoms with Crippen molar-refractivity contribution in [1.29, 1.82) is 0 Å². The van der Waals surface area contributed by atoms with Gasteiger partial charge in [-0.1, -0.05) is 12.1 Å². The fourth-order valence-corrected chi connectivity index (χ4v) is 3.74. The van der Waals surface area contributed by atoms with Gasteiger partial charge < -0.3 is 13.7 Å². The third-order valence-electron chi connectivity index (χ3n) is 3.87. The Morgan fingerprint density at radius 1 is 1.00 bits per heavy atom. The summed E-state index contributed by atoms with van der Waals surface area (Å²) in [4.78, 5) is 0.121. The first-order valence-corrected chi connectivity index (χ1v) is 9.15. The fourth-order valence-electron chi connectivity index (χ4n) is 2.65. The highest BCUT2D eigenvalue weighted by Gasteiger charge is 2.24. The number of hydrogen-bond acceptors (Lipinski definition) is 5. The maximum Gasteiger partial charge on any atom is 0.387 e. The van der Waals surface area contributed by atoms with Crippen molar-refractivity contribution in [1.82, 2.24) is 0 Å². The zero-order chi connectivity index (χ0) is 18.7. The van der Waals surface area contributed by atoms with Crippen molar-refractivity contribution >= 4 is 16.2 Å². The summed E-state index contributed by atoms with van der Waals surface area (Å²) in [6.07, 6.45) is 2.07. The first-order chi connectivity index (χ1) is 12.4. The van der Waals surface area contributed by atoms with E-state index in [-0.39, 0.29) is 22.8 Å². The Hall–Kier alpha value is -2.61. The van der Waals surface area contributed by atoms with Crippen molar-refractivity contribution in [3.05, 3.63) is 58.5 Å². The van der Waals surface area contributed by atoms with Crippen molar-refractivity contribution in [3.8, 4) is 17.2 Å². The van der Waals surface area contributed by atoms with Crippen molar-refractivity contribution in [2.45, 2.75) is 19.5 Å². The van der Waals surface area contributed by atoms with E-state index >= 15 is 0 Å². The molecule has 26 heavy (non-hydrogen) atoms. The summed E-state index contributed by atoms with van der Waals surface area (Å²) in [6.45, 7) is -2.90. The Morgan fingerprint density at radius 3 is 2.50 bits per heavy atom. The SMILES string of the molecule is COc1cccc(OS(=O)(=O)C2=Cc3ccc(OC(F)F)cc3CC2)c1. The summed E-state index contributed by atoms with van der Waals surface area (Å²) in [5.41, 5.74) is 1.37. The topological polar surface area (TPSA) is 61.8 Å². The maximum absolute atomic E-state index is 12.5. The first-order valence-electron chi connectivity index (χ1n) is 7.74. The van der Waals surface area contributed by atoms with Gasteiger partial charge in [-0.2, -0.15) is 17.2 Å². The van der Waals surface area contributed by atoms with E-state index in [1.165, 1.54) is 37.5 Å². The van der Waals surface area contributed by atoms with Crippen molar-refractivity contribution in [3.63, 3.8) is 0 Å². The summed E-state index contributed by atoms with van der Waals surface area (Å²) in [5.74, 6) is 0.676. The third-order valence-corrected chi connectivity index (χ3v) is 5.24. The summed E-state index contributed by atoms with van der Waals surface area (Å²) < 4.78 is 64.2. The van der Waals surface area contributed by atoms with Gasteiger partial charge in [0, 0.05) is 6.07 Å². The van der Waals surface area contributed by atoms with E-state index in [0.29, 0.717) is 17.7 Å². The second-order valence-corrected chi connectivity index (χ2v) is 7.17. The van der Waals surface area contributed by atoms with E-state index in [0.717, 1.165) is 5.56 Å². The molecule has 0 aliphatic heterocycles. The Bertz CT molecular complexity index is 938. The van der Waals surface area contributed by atoms with Crippen LogP contribution in [0.3, 0.4) is 0 Å². The zero-order valence-corrected chi connectivity index (χ0v) is 14.6. The number of methoxy groups -OCH3 is 1. The number of fused-ring (bicyclic) bond motifs is 1. The van der Waals surface area contributed by atoms with E-state index in [1.807, 2.05) is 0 Å². The van der Waals surface area contributed by atoms with E-state index in [2.05, 4.69) is 4.74 Å². The average Bonchev–Trinajstić information content (AvgIpc) is 2.60. The molecule has 2 aromatic rings. The molecule has 3 rings (SSSR count). The highest BCUT2D eigenvalue weighted by Crippen LogP contribution is 2.32. The monoisotopic (exact) mass is 382 g/mol. The van der Waals surface area contributed by atoms with Crippen LogP contribution in [0.15, 0.2) is 47.4 Å². The fraction of sp³-hybridized carbons (Fsp3) is 0.222. The predicted molar refractivity (Wildman–Crippen MR) is 91.9 cm³/mol. The molecule has 1 aliphatic rings. The summed E-state index contributed by atoms with van der Waals surface area (Å²) in [7, 11) is -2.51. The number of halogens is 2. The molecule has 0 radical (unpaired) electrons. The van der Waals surface area contributed by atoms with Gasteiger partial charge in [0.05, 0.1) is 12.0 Å². The molecule has 0 saturated carbocycles. The van der Waals surface area contributed by atoms with Gasteiger partial charge in [-0.15, -0.1) is 0 Å². The molecule has 0 heterocycles. The molecular weight excluding hydrogens is 366 g/mol. The molecule has 0 atom stereocenters. The average molecular weight is 382 g/mol. The molecule has 138 valence electrons. The highest BCUT2D eigenvalue weighted by molar-refractivity contribution is 7.91. The number of allylic oxidation sites excluding steroid dienone is 1. The van der Waals surface area contributed by atoms with Crippen molar-refractivity contribution in [2.24, 2.45) is 0 Å². The van der Waals surface area contributed by atoms with E-state index < -0.39 is 16.7 Å². The Balaban J connectivity index is 1.84. The van der Waals surface area contributed by atoms with E-state index in [9.17, 15) is 17.2 Å². The van der Waals surface area contributed by atoms with Crippen LogP contribution in [-0.2, 0) is 16.5 Å². The van der Waals surface area contributed by atoms with E-state index in [4.69, 9.17) is 8.92 Å². The van der Waals surface area contributed by atoms with Gasteiger partial charge in [-0.05, 0) is 54.3 Å². The van der Waals surface area contributed by atoms with Crippen molar-refractivity contribution < 1.29 is 30.9 Å².